The van der Waals surface area contributed by atoms with Gasteiger partial charge in [0, 0.05) is 37.6 Å². The number of hydrogen-bond acceptors (Lipinski definition) is 5. The minimum Gasteiger partial charge on any atom is -0.342 e. The summed E-state index contributed by atoms with van der Waals surface area (Å²) in [5, 5.41) is 9.31. The van der Waals surface area contributed by atoms with Crippen LogP contribution in [0.25, 0.3) is 11.4 Å². The summed E-state index contributed by atoms with van der Waals surface area (Å²) in [5.74, 6) is 1.44. The van der Waals surface area contributed by atoms with E-state index in [9.17, 15) is 4.79 Å². The quantitative estimate of drug-likeness (QED) is 0.790. The van der Waals surface area contributed by atoms with Crippen LogP contribution in [0.5, 0.6) is 0 Å². The van der Waals surface area contributed by atoms with Gasteiger partial charge in [0.1, 0.15) is 0 Å². The summed E-state index contributed by atoms with van der Waals surface area (Å²) in [6.45, 7) is 4.61. The van der Waals surface area contributed by atoms with Crippen LogP contribution in [0, 0.1) is 0 Å². The predicted octanol–water partition coefficient (Wildman–Crippen LogP) is 2.07. The molecular formula is C15H19N5OS. The van der Waals surface area contributed by atoms with Crippen molar-refractivity contribution in [3.8, 4) is 11.4 Å². The number of carbonyl (C=O) groups is 1. The van der Waals surface area contributed by atoms with E-state index in [1.807, 2.05) is 21.6 Å². The van der Waals surface area contributed by atoms with Crippen LogP contribution in [0.4, 0.5) is 0 Å². The number of thioether (sulfide) groups is 1. The van der Waals surface area contributed by atoms with E-state index in [0.717, 1.165) is 49.0 Å². The van der Waals surface area contributed by atoms with E-state index in [-0.39, 0.29) is 5.91 Å². The van der Waals surface area contributed by atoms with Gasteiger partial charge in [0.15, 0.2) is 11.0 Å². The fraction of sp³-hybridized carbons (Fsp3) is 0.467. The predicted molar refractivity (Wildman–Crippen MR) is 85.5 cm³/mol. The lowest BCUT2D eigenvalue weighted by Gasteiger charge is -2.14. The van der Waals surface area contributed by atoms with Gasteiger partial charge >= 0.3 is 0 Å². The summed E-state index contributed by atoms with van der Waals surface area (Å²) < 4.78 is 2.04. The minimum atomic E-state index is 0.193. The Balaban J connectivity index is 1.72. The van der Waals surface area contributed by atoms with Gasteiger partial charge in [0.2, 0.25) is 5.91 Å². The summed E-state index contributed by atoms with van der Waals surface area (Å²) in [5.41, 5.74) is 0.988. The van der Waals surface area contributed by atoms with Crippen molar-refractivity contribution >= 4 is 17.7 Å². The topological polar surface area (TPSA) is 63.9 Å². The van der Waals surface area contributed by atoms with Crippen LogP contribution in [-0.2, 0) is 11.3 Å². The Labute approximate surface area is 133 Å². The molecular weight excluding hydrogens is 298 g/mol. The molecule has 0 saturated carbocycles. The molecule has 3 heterocycles. The number of rotatable bonds is 5. The van der Waals surface area contributed by atoms with Crippen LogP contribution in [0.1, 0.15) is 19.8 Å². The van der Waals surface area contributed by atoms with Crippen molar-refractivity contribution in [1.29, 1.82) is 0 Å². The Morgan fingerprint density at radius 2 is 1.95 bits per heavy atom. The van der Waals surface area contributed by atoms with Crippen molar-refractivity contribution in [2.45, 2.75) is 31.5 Å². The zero-order valence-corrected chi connectivity index (χ0v) is 13.4. The van der Waals surface area contributed by atoms with Gasteiger partial charge in [-0.25, -0.2) is 0 Å². The zero-order valence-electron chi connectivity index (χ0n) is 12.6. The van der Waals surface area contributed by atoms with Gasteiger partial charge in [-0.1, -0.05) is 11.8 Å². The third-order valence-corrected chi connectivity index (χ3v) is 4.71. The molecule has 1 saturated heterocycles. The first-order valence-electron chi connectivity index (χ1n) is 7.53. The molecule has 3 rings (SSSR count). The number of likely N-dealkylation sites (tertiary alicyclic amines) is 1. The summed E-state index contributed by atoms with van der Waals surface area (Å²) in [7, 11) is 0. The molecule has 2 aromatic heterocycles. The van der Waals surface area contributed by atoms with Crippen LogP contribution >= 0.6 is 11.8 Å². The van der Waals surface area contributed by atoms with Crippen molar-refractivity contribution in [3.63, 3.8) is 0 Å². The Bertz CT molecular complexity index is 637. The molecule has 0 spiro atoms. The first-order chi connectivity index (χ1) is 10.8. The van der Waals surface area contributed by atoms with Crippen molar-refractivity contribution in [1.82, 2.24) is 24.6 Å². The van der Waals surface area contributed by atoms with Crippen molar-refractivity contribution in [2.75, 3.05) is 18.8 Å². The van der Waals surface area contributed by atoms with E-state index in [1.54, 1.807) is 12.4 Å². The van der Waals surface area contributed by atoms with Crippen molar-refractivity contribution in [2.24, 2.45) is 0 Å². The Kier molecular flexibility index (Phi) is 4.72. The maximum atomic E-state index is 12.1. The summed E-state index contributed by atoms with van der Waals surface area (Å²) in [4.78, 5) is 18.1. The van der Waals surface area contributed by atoms with Gasteiger partial charge in [0.25, 0.3) is 0 Å². The van der Waals surface area contributed by atoms with Crippen LogP contribution in [0.15, 0.2) is 29.7 Å². The highest BCUT2D eigenvalue weighted by molar-refractivity contribution is 7.99. The number of aromatic nitrogens is 4. The molecule has 7 heteroatoms. The van der Waals surface area contributed by atoms with E-state index >= 15 is 0 Å². The Morgan fingerprint density at radius 1 is 1.23 bits per heavy atom. The van der Waals surface area contributed by atoms with E-state index in [1.165, 1.54) is 11.8 Å². The molecule has 2 aromatic rings. The average Bonchev–Trinajstić information content (AvgIpc) is 3.22. The van der Waals surface area contributed by atoms with E-state index < -0.39 is 0 Å². The van der Waals surface area contributed by atoms with Crippen LogP contribution < -0.4 is 0 Å². The standard InChI is InChI=1S/C15H19N5OS/c1-2-20-14(12-5-7-16-8-6-12)17-18-15(20)22-11-13(21)19-9-3-4-10-19/h5-8H,2-4,9-11H2,1H3. The molecule has 22 heavy (non-hydrogen) atoms. The van der Waals surface area contributed by atoms with Crippen molar-refractivity contribution < 1.29 is 4.79 Å². The van der Waals surface area contributed by atoms with Gasteiger partial charge in [-0.05, 0) is 31.9 Å². The molecule has 1 fully saturated rings. The first-order valence-corrected chi connectivity index (χ1v) is 8.52. The number of carbonyl (C=O) groups excluding carboxylic acids is 1. The molecule has 0 N–H and O–H groups in total. The van der Waals surface area contributed by atoms with Crippen molar-refractivity contribution in [3.05, 3.63) is 24.5 Å². The highest BCUT2D eigenvalue weighted by Gasteiger charge is 2.20. The molecule has 1 amide bonds. The molecule has 0 aliphatic carbocycles. The molecule has 1 aliphatic heterocycles. The van der Waals surface area contributed by atoms with Gasteiger partial charge in [-0.15, -0.1) is 10.2 Å². The molecule has 116 valence electrons. The smallest absolute Gasteiger partial charge is 0.233 e. The number of amides is 1. The van der Waals surface area contributed by atoms with Crippen LogP contribution in [0.3, 0.4) is 0 Å². The monoisotopic (exact) mass is 317 g/mol. The van der Waals surface area contributed by atoms with E-state index in [0.29, 0.717) is 5.75 Å². The lowest BCUT2D eigenvalue weighted by atomic mass is 10.2. The van der Waals surface area contributed by atoms with Crippen LogP contribution in [0.2, 0.25) is 0 Å². The number of hydrogen-bond donors (Lipinski definition) is 0. The zero-order chi connectivity index (χ0) is 15.4. The van der Waals surface area contributed by atoms with Gasteiger partial charge < -0.3 is 9.47 Å². The van der Waals surface area contributed by atoms with Crippen LogP contribution in [-0.4, -0.2) is 49.4 Å². The second-order valence-corrected chi connectivity index (χ2v) is 6.11. The first kappa shape index (κ1) is 15.0. The largest absolute Gasteiger partial charge is 0.342 e. The summed E-state index contributed by atoms with van der Waals surface area (Å²) in [6, 6.07) is 3.83. The third kappa shape index (κ3) is 3.14. The highest BCUT2D eigenvalue weighted by Crippen LogP contribution is 2.24. The molecule has 1 aliphatic rings. The SMILES string of the molecule is CCn1c(SCC(=O)N2CCCC2)nnc1-c1ccncc1. The number of pyridine rings is 1. The molecule has 6 nitrogen and oxygen atoms in total. The Morgan fingerprint density at radius 3 is 2.64 bits per heavy atom. The lowest BCUT2D eigenvalue weighted by Crippen LogP contribution is -2.29. The highest BCUT2D eigenvalue weighted by atomic mass is 32.2. The molecule has 0 radical (unpaired) electrons. The number of nitrogens with zero attached hydrogens (tertiary/aromatic N) is 5. The molecule has 0 atom stereocenters. The summed E-state index contributed by atoms with van der Waals surface area (Å²) >= 11 is 1.46. The van der Waals surface area contributed by atoms with Gasteiger partial charge in [-0.2, -0.15) is 0 Å². The normalized spacial score (nSPS) is 14.5. The second kappa shape index (κ2) is 6.91. The summed E-state index contributed by atoms with van der Waals surface area (Å²) in [6.07, 6.45) is 5.73. The second-order valence-electron chi connectivity index (χ2n) is 5.16. The van der Waals surface area contributed by atoms with Gasteiger partial charge in [0.05, 0.1) is 5.75 Å². The van der Waals surface area contributed by atoms with E-state index in [2.05, 4.69) is 22.1 Å². The minimum absolute atomic E-state index is 0.193. The fourth-order valence-corrected chi connectivity index (χ4v) is 3.48. The third-order valence-electron chi connectivity index (χ3n) is 3.76. The maximum Gasteiger partial charge on any atom is 0.233 e. The molecule has 0 bridgehead atoms. The molecule has 0 unspecified atom stereocenters. The van der Waals surface area contributed by atoms with Gasteiger partial charge in [-0.3, -0.25) is 9.78 Å². The van der Waals surface area contributed by atoms with E-state index in [4.69, 9.17) is 0 Å². The maximum absolute atomic E-state index is 12.1. The Hall–Kier alpha value is -1.89. The fourth-order valence-electron chi connectivity index (χ4n) is 2.58. The average molecular weight is 317 g/mol. The lowest BCUT2D eigenvalue weighted by molar-refractivity contribution is -0.127. The molecule has 0 aromatic carbocycles.